The van der Waals surface area contributed by atoms with Gasteiger partial charge in [-0.1, -0.05) is 24.3 Å². The fourth-order valence-electron chi connectivity index (χ4n) is 4.00. The van der Waals surface area contributed by atoms with Crippen LogP contribution in [-0.4, -0.2) is 18.0 Å². The van der Waals surface area contributed by atoms with Crippen molar-refractivity contribution in [1.29, 1.82) is 0 Å². The summed E-state index contributed by atoms with van der Waals surface area (Å²) in [5, 5.41) is 14.6. The second kappa shape index (κ2) is 6.29. The maximum absolute atomic E-state index is 11.9. The van der Waals surface area contributed by atoms with Crippen LogP contribution in [0.1, 0.15) is 39.9 Å². The zero-order chi connectivity index (χ0) is 18.3. The summed E-state index contributed by atoms with van der Waals surface area (Å²) in [4.78, 5) is 22.6. The molecule has 0 amide bonds. The summed E-state index contributed by atoms with van der Waals surface area (Å²) in [5.41, 5.74) is 3.54. The lowest BCUT2D eigenvalue weighted by atomic mass is 9.76. The maximum Gasteiger partial charge on any atom is 0.337 e. The Hall–Kier alpha value is -3.15. The van der Waals surface area contributed by atoms with Crippen LogP contribution in [0.15, 0.2) is 54.6 Å². The van der Waals surface area contributed by atoms with E-state index in [0.29, 0.717) is 5.56 Å². The van der Waals surface area contributed by atoms with E-state index in [9.17, 15) is 14.9 Å². The standard InChI is InChI=1S/C20H18N2O4/c1-26-20(23)13-8-9-18-17(11-13)15-6-3-7-16(15)19(21-18)12-4-2-5-14(10-12)22(24)25/h2-6,8-11,15-16,19,21H,7H2,1H3/t15-,16-,19-/m1/s1. The molecule has 0 radical (unpaired) electrons. The molecule has 1 N–H and O–H groups in total. The highest BCUT2D eigenvalue weighted by Crippen LogP contribution is 2.50. The first-order valence-electron chi connectivity index (χ1n) is 8.48. The largest absolute Gasteiger partial charge is 0.465 e. The highest BCUT2D eigenvalue weighted by molar-refractivity contribution is 5.90. The Morgan fingerprint density at radius 3 is 2.88 bits per heavy atom. The maximum atomic E-state index is 11.9. The van der Waals surface area contributed by atoms with Crippen LogP contribution in [0.25, 0.3) is 0 Å². The minimum absolute atomic E-state index is 0.0219. The second-order valence-electron chi connectivity index (χ2n) is 6.62. The molecule has 0 fully saturated rings. The van der Waals surface area contributed by atoms with Crippen molar-refractivity contribution in [1.82, 2.24) is 0 Å². The third-order valence-electron chi connectivity index (χ3n) is 5.22. The molecular formula is C20H18N2O4. The molecule has 6 nitrogen and oxygen atoms in total. The molecule has 0 saturated carbocycles. The smallest absolute Gasteiger partial charge is 0.337 e. The van der Waals surface area contributed by atoms with Gasteiger partial charge in [0.2, 0.25) is 0 Å². The van der Waals surface area contributed by atoms with Crippen LogP contribution in [0.2, 0.25) is 0 Å². The number of carbonyl (C=O) groups is 1. The van der Waals surface area contributed by atoms with E-state index in [1.165, 1.54) is 13.2 Å². The van der Waals surface area contributed by atoms with E-state index in [4.69, 9.17) is 4.74 Å². The lowest BCUT2D eigenvalue weighted by molar-refractivity contribution is -0.384. The van der Waals surface area contributed by atoms with Gasteiger partial charge in [-0.2, -0.15) is 0 Å². The number of nitrogens with one attached hydrogen (secondary N) is 1. The number of methoxy groups -OCH3 is 1. The van der Waals surface area contributed by atoms with Gasteiger partial charge in [0.05, 0.1) is 23.6 Å². The molecular weight excluding hydrogens is 332 g/mol. The second-order valence-corrected chi connectivity index (χ2v) is 6.62. The summed E-state index contributed by atoms with van der Waals surface area (Å²) in [5.74, 6) is 0.0599. The van der Waals surface area contributed by atoms with Gasteiger partial charge in [0, 0.05) is 23.7 Å². The van der Waals surface area contributed by atoms with Crippen molar-refractivity contribution in [2.45, 2.75) is 18.4 Å². The molecule has 1 aliphatic heterocycles. The molecule has 0 unspecified atom stereocenters. The molecule has 0 spiro atoms. The molecule has 3 atom stereocenters. The predicted molar refractivity (Wildman–Crippen MR) is 97.2 cm³/mol. The van der Waals surface area contributed by atoms with Crippen LogP contribution in [0.3, 0.4) is 0 Å². The highest BCUT2D eigenvalue weighted by atomic mass is 16.6. The predicted octanol–water partition coefficient (Wildman–Crippen LogP) is 4.21. The molecule has 0 bridgehead atoms. The highest BCUT2D eigenvalue weighted by Gasteiger charge is 2.38. The Morgan fingerprint density at radius 1 is 1.27 bits per heavy atom. The monoisotopic (exact) mass is 350 g/mol. The fraction of sp³-hybridized carbons (Fsp3) is 0.250. The Labute approximate surface area is 150 Å². The van der Waals surface area contributed by atoms with Gasteiger partial charge >= 0.3 is 5.97 Å². The van der Waals surface area contributed by atoms with Crippen LogP contribution in [0.4, 0.5) is 11.4 Å². The van der Waals surface area contributed by atoms with Crippen LogP contribution in [-0.2, 0) is 4.74 Å². The number of nitro groups is 1. The first kappa shape index (κ1) is 16.3. The number of allylic oxidation sites excluding steroid dienone is 2. The minimum atomic E-state index is -0.368. The average Bonchev–Trinajstić information content (AvgIpc) is 3.16. The van der Waals surface area contributed by atoms with Crippen LogP contribution in [0.5, 0.6) is 0 Å². The Bertz CT molecular complexity index is 922. The third-order valence-corrected chi connectivity index (χ3v) is 5.22. The minimum Gasteiger partial charge on any atom is -0.465 e. The average molecular weight is 350 g/mol. The van der Waals surface area contributed by atoms with Gasteiger partial charge < -0.3 is 10.1 Å². The first-order chi connectivity index (χ1) is 12.6. The van der Waals surface area contributed by atoms with Gasteiger partial charge in [0.1, 0.15) is 0 Å². The molecule has 2 aromatic carbocycles. The molecule has 26 heavy (non-hydrogen) atoms. The molecule has 2 aromatic rings. The van der Waals surface area contributed by atoms with E-state index in [2.05, 4.69) is 17.5 Å². The molecule has 132 valence electrons. The topological polar surface area (TPSA) is 81.5 Å². The Balaban J connectivity index is 1.75. The van der Waals surface area contributed by atoms with Crippen molar-refractivity contribution >= 4 is 17.3 Å². The number of anilines is 1. The zero-order valence-corrected chi connectivity index (χ0v) is 14.2. The summed E-state index contributed by atoms with van der Waals surface area (Å²) < 4.78 is 4.82. The summed E-state index contributed by atoms with van der Waals surface area (Å²) >= 11 is 0. The van der Waals surface area contributed by atoms with Gasteiger partial charge in [0.25, 0.3) is 5.69 Å². The van der Waals surface area contributed by atoms with E-state index < -0.39 is 0 Å². The number of ether oxygens (including phenoxy) is 1. The van der Waals surface area contributed by atoms with E-state index in [0.717, 1.165) is 23.2 Å². The van der Waals surface area contributed by atoms with Crippen LogP contribution in [0, 0.1) is 16.0 Å². The van der Waals surface area contributed by atoms with Gasteiger partial charge in [-0.15, -0.1) is 0 Å². The summed E-state index contributed by atoms with van der Waals surface area (Å²) in [6.07, 6.45) is 5.18. The number of non-ortho nitro benzene ring substituents is 1. The normalized spacial score (nSPS) is 22.9. The number of fused-ring (bicyclic) bond motifs is 3. The lowest BCUT2D eigenvalue weighted by Crippen LogP contribution is -2.29. The number of hydrogen-bond donors (Lipinski definition) is 1. The first-order valence-corrected chi connectivity index (χ1v) is 8.48. The molecule has 1 heterocycles. The summed E-state index contributed by atoms with van der Waals surface area (Å²) in [6, 6.07) is 12.3. The van der Waals surface area contributed by atoms with E-state index in [1.54, 1.807) is 18.2 Å². The van der Waals surface area contributed by atoms with Crippen molar-refractivity contribution in [2.24, 2.45) is 5.92 Å². The van der Waals surface area contributed by atoms with Crippen molar-refractivity contribution in [3.8, 4) is 0 Å². The number of hydrogen-bond acceptors (Lipinski definition) is 5. The molecule has 0 aromatic heterocycles. The van der Waals surface area contributed by atoms with Crippen LogP contribution >= 0.6 is 0 Å². The summed E-state index contributed by atoms with van der Waals surface area (Å²) in [7, 11) is 1.37. The number of nitrogens with zero attached hydrogens (tertiary/aromatic N) is 1. The summed E-state index contributed by atoms with van der Waals surface area (Å²) in [6.45, 7) is 0. The number of rotatable bonds is 3. The van der Waals surface area contributed by atoms with E-state index >= 15 is 0 Å². The SMILES string of the molecule is COC(=O)c1ccc2c(c1)[C@@H]1C=CC[C@H]1[C@@H](c1cccc([N+](=O)[O-])c1)N2. The molecule has 1 aliphatic carbocycles. The molecule has 6 heteroatoms. The van der Waals surface area contributed by atoms with E-state index in [1.807, 2.05) is 18.2 Å². The van der Waals surface area contributed by atoms with Crippen molar-refractivity contribution in [3.63, 3.8) is 0 Å². The molecule has 2 aliphatic rings. The lowest BCUT2D eigenvalue weighted by Gasteiger charge is -2.37. The van der Waals surface area contributed by atoms with Gasteiger partial charge in [0.15, 0.2) is 0 Å². The zero-order valence-electron chi connectivity index (χ0n) is 14.2. The number of benzene rings is 2. The number of carbonyl (C=O) groups excluding carboxylic acids is 1. The van der Waals surface area contributed by atoms with Gasteiger partial charge in [-0.05, 0) is 41.7 Å². The van der Waals surface area contributed by atoms with E-state index in [-0.39, 0.29) is 34.5 Å². The van der Waals surface area contributed by atoms with Crippen molar-refractivity contribution in [3.05, 3.63) is 81.4 Å². The third kappa shape index (κ3) is 2.63. The number of nitro benzene ring substituents is 1. The van der Waals surface area contributed by atoms with Crippen molar-refractivity contribution in [2.75, 3.05) is 12.4 Å². The van der Waals surface area contributed by atoms with Crippen molar-refractivity contribution < 1.29 is 14.5 Å². The molecule has 0 saturated heterocycles. The number of esters is 1. The Kier molecular flexibility index (Phi) is 3.95. The molecule has 4 rings (SSSR count). The Morgan fingerprint density at radius 2 is 2.12 bits per heavy atom. The van der Waals surface area contributed by atoms with Gasteiger partial charge in [-0.3, -0.25) is 10.1 Å². The van der Waals surface area contributed by atoms with Crippen LogP contribution < -0.4 is 5.32 Å². The quantitative estimate of drug-likeness (QED) is 0.388. The fourth-order valence-corrected chi connectivity index (χ4v) is 4.00. The van der Waals surface area contributed by atoms with Gasteiger partial charge in [-0.25, -0.2) is 4.79 Å².